The second kappa shape index (κ2) is 17.2. The van der Waals surface area contributed by atoms with Gasteiger partial charge < -0.3 is 29.4 Å². The van der Waals surface area contributed by atoms with Gasteiger partial charge >= 0.3 is 0 Å². The summed E-state index contributed by atoms with van der Waals surface area (Å²) in [6.45, 7) is 5.81. The maximum atomic E-state index is 11.5. The lowest BCUT2D eigenvalue weighted by Gasteiger charge is -2.35. The van der Waals surface area contributed by atoms with Crippen LogP contribution in [0.3, 0.4) is 0 Å². The van der Waals surface area contributed by atoms with Gasteiger partial charge in [0.2, 0.25) is 0 Å². The predicted octanol–water partition coefficient (Wildman–Crippen LogP) is 6.09. The molecule has 6 nitrogen and oxygen atoms in total. The number of aliphatic hydroxyl groups excluding tert-OH is 1. The highest BCUT2D eigenvalue weighted by molar-refractivity contribution is 5.27. The highest BCUT2D eigenvalue weighted by Crippen LogP contribution is 2.20. The second-order valence-corrected chi connectivity index (χ2v) is 10.1. The summed E-state index contributed by atoms with van der Waals surface area (Å²) in [5.41, 5.74) is 4.14. The molecule has 220 valence electrons. The molecule has 0 bridgehead atoms. The molecule has 0 aliphatic rings. The van der Waals surface area contributed by atoms with Crippen molar-refractivity contribution in [3.8, 4) is 5.75 Å². The van der Waals surface area contributed by atoms with Crippen LogP contribution in [-0.2, 0) is 40.6 Å². The Morgan fingerprint density at radius 1 is 0.667 bits per heavy atom. The highest BCUT2D eigenvalue weighted by Gasteiger charge is 2.35. The number of hydrogen-bond acceptors (Lipinski definition) is 6. The van der Waals surface area contributed by atoms with Gasteiger partial charge in [0.25, 0.3) is 0 Å². The minimum Gasteiger partial charge on any atom is -0.497 e. The van der Waals surface area contributed by atoms with Gasteiger partial charge in [-0.2, -0.15) is 0 Å². The lowest BCUT2D eigenvalue weighted by molar-refractivity contribution is -0.152. The number of nitrogens with one attached hydrogen (secondary N) is 1. The van der Waals surface area contributed by atoms with Crippen molar-refractivity contribution in [3.63, 3.8) is 0 Å². The van der Waals surface area contributed by atoms with E-state index in [0.29, 0.717) is 26.4 Å². The summed E-state index contributed by atoms with van der Waals surface area (Å²) in [7, 11) is 1.65. The average molecular weight is 568 g/mol. The first-order valence-corrected chi connectivity index (χ1v) is 14.3. The Kier molecular flexibility index (Phi) is 12.8. The Hall–Kier alpha value is -3.78. The van der Waals surface area contributed by atoms with E-state index in [1.165, 1.54) is 0 Å². The third-order valence-corrected chi connectivity index (χ3v) is 6.98. The van der Waals surface area contributed by atoms with E-state index in [0.717, 1.165) is 28.0 Å². The van der Waals surface area contributed by atoms with Crippen LogP contribution >= 0.6 is 0 Å². The molecule has 0 spiro atoms. The fourth-order valence-corrected chi connectivity index (χ4v) is 4.64. The van der Waals surface area contributed by atoms with Crippen LogP contribution in [0.1, 0.15) is 22.3 Å². The van der Waals surface area contributed by atoms with Crippen molar-refractivity contribution in [1.29, 1.82) is 0 Å². The first kappa shape index (κ1) is 31.2. The maximum absolute atomic E-state index is 11.5. The Labute approximate surface area is 249 Å². The Morgan fingerprint density at radius 2 is 1.17 bits per heavy atom. The summed E-state index contributed by atoms with van der Waals surface area (Å²) in [5, 5.41) is 15.1. The molecule has 0 aliphatic carbocycles. The first-order chi connectivity index (χ1) is 20.7. The fourth-order valence-electron chi connectivity index (χ4n) is 4.64. The van der Waals surface area contributed by atoms with Crippen molar-refractivity contribution in [1.82, 2.24) is 5.32 Å². The van der Waals surface area contributed by atoms with E-state index in [-0.39, 0.29) is 12.6 Å². The summed E-state index contributed by atoms with van der Waals surface area (Å²) >= 11 is 0. The minimum absolute atomic E-state index is 0.0852. The Bertz CT molecular complexity index is 1280. The standard InChI is InChI=1S/C36H41NO5/c1-3-33(37-23-28-19-21-32(39-2)22-20-28)35(41-25-30-15-9-5-10-16-30)36(42-26-31-17-11-6-12-18-31)34(38)27-40-24-29-13-7-4-8-14-29/h3-22,33-38H,1,23-27H2,2H3/t33-,34+,35+,36+/m0/s1. The predicted molar refractivity (Wildman–Crippen MR) is 166 cm³/mol. The molecule has 0 saturated carbocycles. The number of ether oxygens (including phenoxy) is 4. The largest absolute Gasteiger partial charge is 0.497 e. The summed E-state index contributed by atoms with van der Waals surface area (Å²) in [6, 6.07) is 37.4. The minimum atomic E-state index is -0.955. The van der Waals surface area contributed by atoms with E-state index in [1.807, 2.05) is 121 Å². The van der Waals surface area contributed by atoms with Crippen LogP contribution in [0.15, 0.2) is 128 Å². The molecule has 4 atom stereocenters. The third-order valence-electron chi connectivity index (χ3n) is 6.98. The summed E-state index contributed by atoms with van der Waals surface area (Å²) < 4.78 is 24.2. The summed E-state index contributed by atoms with van der Waals surface area (Å²) in [6.07, 6.45) is -0.422. The average Bonchev–Trinajstić information content (AvgIpc) is 3.05. The molecular weight excluding hydrogens is 526 g/mol. The van der Waals surface area contributed by atoms with Gasteiger partial charge in [0.05, 0.1) is 39.6 Å². The van der Waals surface area contributed by atoms with Crippen LogP contribution in [0.25, 0.3) is 0 Å². The molecule has 0 heterocycles. The zero-order valence-corrected chi connectivity index (χ0v) is 24.2. The topological polar surface area (TPSA) is 69.2 Å². The molecule has 0 radical (unpaired) electrons. The van der Waals surface area contributed by atoms with Crippen molar-refractivity contribution in [2.75, 3.05) is 13.7 Å². The third kappa shape index (κ3) is 9.94. The molecule has 0 saturated heterocycles. The molecule has 2 N–H and O–H groups in total. The molecule has 4 aromatic rings. The number of benzene rings is 4. The number of hydrogen-bond donors (Lipinski definition) is 2. The van der Waals surface area contributed by atoms with Gasteiger partial charge in [-0.15, -0.1) is 6.58 Å². The van der Waals surface area contributed by atoms with E-state index in [2.05, 4.69) is 11.9 Å². The normalized spacial score (nSPS) is 14.0. The van der Waals surface area contributed by atoms with Crippen molar-refractivity contribution in [2.45, 2.75) is 50.7 Å². The molecule has 42 heavy (non-hydrogen) atoms. The number of rotatable bonds is 18. The molecule has 0 unspecified atom stereocenters. The SMILES string of the molecule is C=C[C@H](NCc1ccc(OC)cc1)[C@@H](OCc1ccccc1)[C@H](OCc1ccccc1)[C@H](O)COCc1ccccc1. The first-order valence-electron chi connectivity index (χ1n) is 14.3. The van der Waals surface area contributed by atoms with Gasteiger partial charge in [-0.3, -0.25) is 0 Å². The van der Waals surface area contributed by atoms with Crippen molar-refractivity contribution >= 4 is 0 Å². The van der Waals surface area contributed by atoms with Crippen LogP contribution in [0.5, 0.6) is 5.75 Å². The quantitative estimate of drug-likeness (QED) is 0.142. The maximum Gasteiger partial charge on any atom is 0.118 e. The van der Waals surface area contributed by atoms with Crippen LogP contribution in [-0.4, -0.2) is 43.2 Å². The Morgan fingerprint density at radius 3 is 1.67 bits per heavy atom. The monoisotopic (exact) mass is 567 g/mol. The second-order valence-electron chi connectivity index (χ2n) is 10.1. The van der Waals surface area contributed by atoms with E-state index in [1.54, 1.807) is 7.11 Å². The zero-order valence-electron chi connectivity index (χ0n) is 24.2. The van der Waals surface area contributed by atoms with Gasteiger partial charge in [-0.1, -0.05) is 109 Å². The molecule has 0 aliphatic heterocycles. The van der Waals surface area contributed by atoms with Crippen LogP contribution in [0.4, 0.5) is 0 Å². The fraction of sp³-hybridized carbons (Fsp3) is 0.278. The van der Waals surface area contributed by atoms with Crippen LogP contribution in [0.2, 0.25) is 0 Å². The molecule has 0 amide bonds. The molecule has 4 aromatic carbocycles. The summed E-state index contributed by atoms with van der Waals surface area (Å²) in [4.78, 5) is 0. The Balaban J connectivity index is 1.54. The van der Waals surface area contributed by atoms with Crippen molar-refractivity contribution in [3.05, 3.63) is 150 Å². The summed E-state index contributed by atoms with van der Waals surface area (Å²) in [5.74, 6) is 0.802. The van der Waals surface area contributed by atoms with E-state index < -0.39 is 18.3 Å². The zero-order chi connectivity index (χ0) is 29.4. The molecule has 6 heteroatoms. The van der Waals surface area contributed by atoms with Crippen molar-refractivity contribution in [2.24, 2.45) is 0 Å². The van der Waals surface area contributed by atoms with Gasteiger partial charge in [0.1, 0.15) is 24.1 Å². The smallest absolute Gasteiger partial charge is 0.118 e. The van der Waals surface area contributed by atoms with Gasteiger partial charge in [0.15, 0.2) is 0 Å². The van der Waals surface area contributed by atoms with Crippen LogP contribution < -0.4 is 10.1 Å². The molecule has 4 rings (SSSR count). The number of methoxy groups -OCH3 is 1. The lowest BCUT2D eigenvalue weighted by Crippen LogP contribution is -2.52. The molecule has 0 fully saturated rings. The van der Waals surface area contributed by atoms with Crippen LogP contribution in [0, 0.1) is 0 Å². The van der Waals surface area contributed by atoms with E-state index in [4.69, 9.17) is 18.9 Å². The highest BCUT2D eigenvalue weighted by atomic mass is 16.6. The molecular formula is C36H41NO5. The van der Waals surface area contributed by atoms with E-state index >= 15 is 0 Å². The van der Waals surface area contributed by atoms with Gasteiger partial charge in [-0.05, 0) is 34.4 Å². The van der Waals surface area contributed by atoms with Gasteiger partial charge in [-0.25, -0.2) is 0 Å². The molecule has 0 aromatic heterocycles. The van der Waals surface area contributed by atoms with Crippen molar-refractivity contribution < 1.29 is 24.1 Å². The van der Waals surface area contributed by atoms with E-state index in [9.17, 15) is 5.11 Å². The van der Waals surface area contributed by atoms with Gasteiger partial charge in [0, 0.05) is 6.54 Å². The number of aliphatic hydroxyl groups is 1. The lowest BCUT2D eigenvalue weighted by atomic mass is 9.99.